The van der Waals surface area contributed by atoms with Crippen LogP contribution in [0.4, 0.5) is 0 Å². The zero-order valence-electron chi connectivity index (χ0n) is 12.1. The lowest BCUT2D eigenvalue weighted by Crippen LogP contribution is -2.40. The van der Waals surface area contributed by atoms with Gasteiger partial charge in [0.2, 0.25) is 0 Å². The maximum Gasteiger partial charge on any atom is 0.0802 e. The highest BCUT2D eigenvalue weighted by atomic mass is 35.5. The molecule has 1 aliphatic rings. The summed E-state index contributed by atoms with van der Waals surface area (Å²) in [7, 11) is 0. The minimum Gasteiger partial charge on any atom is -0.388 e. The van der Waals surface area contributed by atoms with Crippen LogP contribution in [0.5, 0.6) is 0 Å². The van der Waals surface area contributed by atoms with Crippen LogP contribution in [-0.2, 0) is 4.74 Å². The summed E-state index contributed by atoms with van der Waals surface area (Å²) in [5.74, 6) is 0. The average molecular weight is 298 g/mol. The van der Waals surface area contributed by atoms with Gasteiger partial charge < -0.3 is 14.7 Å². The minimum absolute atomic E-state index is 0.358. The number of nitrogens with zero attached hydrogens (tertiary/aromatic N) is 1. The second-order valence-electron chi connectivity index (χ2n) is 5.38. The van der Waals surface area contributed by atoms with Crippen molar-refractivity contribution in [2.75, 3.05) is 26.2 Å². The lowest BCUT2D eigenvalue weighted by atomic mass is 10.0. The van der Waals surface area contributed by atoms with Gasteiger partial charge >= 0.3 is 0 Å². The van der Waals surface area contributed by atoms with Gasteiger partial charge in [-0.2, -0.15) is 0 Å². The Morgan fingerprint density at radius 3 is 3.10 bits per heavy atom. The van der Waals surface area contributed by atoms with Crippen molar-refractivity contribution in [3.05, 3.63) is 34.9 Å². The fourth-order valence-electron chi connectivity index (χ4n) is 2.77. The number of piperidine rings is 1. The van der Waals surface area contributed by atoms with Crippen molar-refractivity contribution < 1.29 is 9.84 Å². The van der Waals surface area contributed by atoms with E-state index in [2.05, 4.69) is 4.90 Å². The number of rotatable bonds is 6. The molecule has 0 amide bonds. The Morgan fingerprint density at radius 1 is 1.50 bits per heavy atom. The van der Waals surface area contributed by atoms with E-state index in [0.29, 0.717) is 11.1 Å². The quantitative estimate of drug-likeness (QED) is 0.875. The van der Waals surface area contributed by atoms with Crippen LogP contribution in [-0.4, -0.2) is 42.4 Å². The molecular weight excluding hydrogens is 274 g/mol. The monoisotopic (exact) mass is 297 g/mol. The van der Waals surface area contributed by atoms with Crippen molar-refractivity contribution >= 4 is 11.6 Å². The van der Waals surface area contributed by atoms with Gasteiger partial charge in [-0.25, -0.2) is 0 Å². The molecule has 0 aromatic heterocycles. The van der Waals surface area contributed by atoms with Crippen molar-refractivity contribution in [3.8, 4) is 0 Å². The molecule has 2 atom stereocenters. The van der Waals surface area contributed by atoms with E-state index < -0.39 is 6.10 Å². The number of halogens is 1. The number of hydrogen-bond acceptors (Lipinski definition) is 3. The third-order valence-corrected chi connectivity index (χ3v) is 4.05. The maximum atomic E-state index is 10.2. The number of aliphatic hydroxyl groups excluding tert-OH is 1. The zero-order valence-corrected chi connectivity index (χ0v) is 12.9. The Bertz CT molecular complexity index is 411. The van der Waals surface area contributed by atoms with Gasteiger partial charge in [-0.05, 0) is 50.4 Å². The molecule has 0 saturated carbocycles. The topological polar surface area (TPSA) is 32.7 Å². The van der Waals surface area contributed by atoms with Crippen molar-refractivity contribution in [2.45, 2.75) is 38.4 Å². The fourth-order valence-corrected chi connectivity index (χ4v) is 2.97. The van der Waals surface area contributed by atoms with E-state index in [1.54, 1.807) is 0 Å². The maximum absolute atomic E-state index is 10.2. The van der Waals surface area contributed by atoms with E-state index in [1.807, 2.05) is 31.2 Å². The van der Waals surface area contributed by atoms with Crippen LogP contribution in [0.3, 0.4) is 0 Å². The van der Waals surface area contributed by atoms with Crippen LogP contribution >= 0.6 is 11.6 Å². The van der Waals surface area contributed by atoms with Gasteiger partial charge in [0, 0.05) is 24.7 Å². The highest BCUT2D eigenvalue weighted by molar-refractivity contribution is 6.30. The number of aliphatic hydroxyl groups is 1. The predicted octanol–water partition coefficient (Wildman–Crippen LogP) is 3.26. The van der Waals surface area contributed by atoms with Crippen molar-refractivity contribution in [1.29, 1.82) is 0 Å². The Labute approximate surface area is 126 Å². The van der Waals surface area contributed by atoms with Gasteiger partial charge in [-0.15, -0.1) is 0 Å². The molecule has 1 heterocycles. The molecule has 3 nitrogen and oxygen atoms in total. The van der Waals surface area contributed by atoms with Gasteiger partial charge in [-0.1, -0.05) is 23.7 Å². The summed E-state index contributed by atoms with van der Waals surface area (Å²) in [6, 6.07) is 7.48. The molecule has 0 bridgehead atoms. The normalized spacial score (nSPS) is 21.9. The first-order valence-corrected chi connectivity index (χ1v) is 7.84. The molecule has 20 heavy (non-hydrogen) atoms. The summed E-state index contributed by atoms with van der Waals surface area (Å²) in [6.45, 7) is 5.81. The molecule has 1 fully saturated rings. The second-order valence-corrected chi connectivity index (χ2v) is 5.82. The molecular formula is C16H24ClNO2. The third-order valence-electron chi connectivity index (χ3n) is 3.82. The summed E-state index contributed by atoms with van der Waals surface area (Å²) in [4.78, 5) is 2.39. The van der Waals surface area contributed by atoms with Crippen LogP contribution in [0.15, 0.2) is 24.3 Å². The highest BCUT2D eigenvalue weighted by Gasteiger charge is 2.20. The first-order chi connectivity index (χ1) is 9.69. The lowest BCUT2D eigenvalue weighted by molar-refractivity contribution is 0.00212. The van der Waals surface area contributed by atoms with E-state index in [4.69, 9.17) is 16.3 Å². The van der Waals surface area contributed by atoms with E-state index in [1.165, 1.54) is 6.42 Å². The Kier molecular flexibility index (Phi) is 6.30. The number of hydrogen-bond donors (Lipinski definition) is 1. The van der Waals surface area contributed by atoms with Gasteiger partial charge in [-0.3, -0.25) is 0 Å². The van der Waals surface area contributed by atoms with Crippen LogP contribution in [0.25, 0.3) is 0 Å². The predicted molar refractivity (Wildman–Crippen MR) is 82.1 cm³/mol. The summed E-state index contributed by atoms with van der Waals surface area (Å²) < 4.78 is 5.70. The second kappa shape index (κ2) is 7.99. The zero-order chi connectivity index (χ0) is 14.4. The Morgan fingerprint density at radius 2 is 2.35 bits per heavy atom. The summed E-state index contributed by atoms with van der Waals surface area (Å²) in [6.07, 6.45) is 2.98. The highest BCUT2D eigenvalue weighted by Crippen LogP contribution is 2.21. The average Bonchev–Trinajstić information content (AvgIpc) is 2.45. The van der Waals surface area contributed by atoms with E-state index in [9.17, 15) is 5.11 Å². The SMILES string of the molecule is CCOC1CCCN(CCC(O)c2cccc(Cl)c2)C1. The molecule has 1 aromatic carbocycles. The van der Waals surface area contributed by atoms with Crippen LogP contribution in [0.2, 0.25) is 5.02 Å². The standard InChI is InChI=1S/C16H24ClNO2/c1-2-20-15-7-4-9-18(12-15)10-8-16(19)13-5-3-6-14(17)11-13/h3,5-6,11,15-16,19H,2,4,7-10,12H2,1H3. The van der Waals surface area contributed by atoms with Gasteiger partial charge in [0.1, 0.15) is 0 Å². The number of ether oxygens (including phenoxy) is 1. The molecule has 112 valence electrons. The van der Waals surface area contributed by atoms with Crippen molar-refractivity contribution in [3.63, 3.8) is 0 Å². The van der Waals surface area contributed by atoms with Crippen LogP contribution in [0.1, 0.15) is 37.9 Å². The molecule has 0 radical (unpaired) electrons. The molecule has 2 unspecified atom stereocenters. The number of likely N-dealkylation sites (tertiary alicyclic amines) is 1. The molecule has 1 saturated heterocycles. The van der Waals surface area contributed by atoms with E-state index in [0.717, 1.165) is 44.6 Å². The van der Waals surface area contributed by atoms with E-state index in [-0.39, 0.29) is 0 Å². The van der Waals surface area contributed by atoms with Crippen molar-refractivity contribution in [2.24, 2.45) is 0 Å². The van der Waals surface area contributed by atoms with Crippen LogP contribution in [0, 0.1) is 0 Å². The summed E-state index contributed by atoms with van der Waals surface area (Å²) in [5.41, 5.74) is 0.899. The summed E-state index contributed by atoms with van der Waals surface area (Å²) >= 11 is 5.95. The summed E-state index contributed by atoms with van der Waals surface area (Å²) in [5, 5.41) is 10.9. The molecule has 4 heteroatoms. The smallest absolute Gasteiger partial charge is 0.0802 e. The first kappa shape index (κ1) is 15.8. The fraction of sp³-hybridized carbons (Fsp3) is 0.625. The Hall–Kier alpha value is -0.610. The molecule has 1 aliphatic heterocycles. The van der Waals surface area contributed by atoms with Gasteiger partial charge in [0.05, 0.1) is 12.2 Å². The molecule has 0 spiro atoms. The third kappa shape index (κ3) is 4.74. The van der Waals surface area contributed by atoms with Crippen molar-refractivity contribution in [1.82, 2.24) is 4.90 Å². The van der Waals surface area contributed by atoms with Gasteiger partial charge in [0.15, 0.2) is 0 Å². The molecule has 1 aromatic rings. The molecule has 0 aliphatic carbocycles. The van der Waals surface area contributed by atoms with E-state index >= 15 is 0 Å². The molecule has 2 rings (SSSR count). The lowest BCUT2D eigenvalue weighted by Gasteiger charge is -2.32. The van der Waals surface area contributed by atoms with Crippen LogP contribution < -0.4 is 0 Å². The largest absolute Gasteiger partial charge is 0.388 e. The Balaban J connectivity index is 1.79. The molecule has 1 N–H and O–H groups in total. The first-order valence-electron chi connectivity index (χ1n) is 7.46. The minimum atomic E-state index is -0.443. The van der Waals surface area contributed by atoms with Gasteiger partial charge in [0.25, 0.3) is 0 Å². The number of benzene rings is 1.